The molecule has 8 atom stereocenters. The topological polar surface area (TPSA) is 191 Å². The highest BCUT2D eigenvalue weighted by Crippen LogP contribution is 2.42. The predicted octanol–water partition coefficient (Wildman–Crippen LogP) is -0.498. The number of cyclic esters (lactones) is 1. The monoisotopic (exact) mass is 550 g/mol. The number of aromatic hydroxyl groups is 1. The van der Waals surface area contributed by atoms with E-state index in [0.29, 0.717) is 5.56 Å². The van der Waals surface area contributed by atoms with Gasteiger partial charge in [0, 0.05) is 12.5 Å². The fraction of sp³-hybridized carbons (Fsp3) is 0.462. The maximum absolute atomic E-state index is 12.4. The van der Waals surface area contributed by atoms with Crippen LogP contribution in [0.3, 0.4) is 0 Å². The SMILES string of the molecule is C=C[C@H]1[C@H](O[C@@H]2O[C@H](CO)[C@@H](OC(=O)/C=C/c3ccc(O)c(OC)c3)[C@H](O)[C@H]2O)OC=C2C(=O)OCC[C@]21O. The molecule has 4 rings (SSSR count). The lowest BCUT2D eigenvalue weighted by atomic mass is 9.76. The molecule has 0 aromatic heterocycles. The summed E-state index contributed by atoms with van der Waals surface area (Å²) < 4.78 is 32.0. The summed E-state index contributed by atoms with van der Waals surface area (Å²) >= 11 is 0. The second kappa shape index (κ2) is 11.7. The van der Waals surface area contributed by atoms with Gasteiger partial charge in [0.05, 0.1) is 32.5 Å². The number of hydrogen-bond acceptors (Lipinski definition) is 13. The molecule has 5 N–H and O–H groups in total. The van der Waals surface area contributed by atoms with Crippen molar-refractivity contribution in [3.8, 4) is 11.5 Å². The number of rotatable bonds is 8. The lowest BCUT2D eigenvalue weighted by Crippen LogP contribution is -2.62. The van der Waals surface area contributed by atoms with Gasteiger partial charge in [-0.05, 0) is 23.8 Å². The first-order chi connectivity index (χ1) is 18.6. The molecule has 2 saturated heterocycles. The van der Waals surface area contributed by atoms with Crippen LogP contribution in [0.5, 0.6) is 11.5 Å². The van der Waals surface area contributed by atoms with Gasteiger partial charge in [-0.15, -0.1) is 6.58 Å². The molecule has 0 unspecified atom stereocenters. The van der Waals surface area contributed by atoms with Gasteiger partial charge in [0.1, 0.15) is 29.5 Å². The summed E-state index contributed by atoms with van der Waals surface area (Å²) in [5.41, 5.74) is -1.31. The third-order valence-corrected chi connectivity index (χ3v) is 6.78. The van der Waals surface area contributed by atoms with E-state index in [1.807, 2.05) is 0 Å². The van der Waals surface area contributed by atoms with Crippen molar-refractivity contribution < 1.29 is 63.5 Å². The zero-order valence-electron chi connectivity index (χ0n) is 20.9. The molecule has 39 heavy (non-hydrogen) atoms. The van der Waals surface area contributed by atoms with Crippen molar-refractivity contribution in [1.29, 1.82) is 0 Å². The van der Waals surface area contributed by atoms with E-state index < -0.39 is 67.1 Å². The number of carbonyl (C=O) groups is 2. The number of phenols is 1. The molecule has 3 aliphatic heterocycles. The molecule has 13 nitrogen and oxygen atoms in total. The summed E-state index contributed by atoms with van der Waals surface area (Å²) in [6.45, 7) is 2.92. The standard InChI is InChI=1S/C26H30O13/c1-3-14-24(36-12-15-23(32)35-9-8-26(14,15)33)39-25-21(31)20(30)22(18(11-27)37-25)38-19(29)7-5-13-4-6-16(28)17(10-13)34-2/h3-7,10,12,14,18,20-22,24-25,27-28,30-31,33H,1,8-9,11H2,2H3/b7-5+/t14-,18+,20+,21+,22+,24-,25-,26+/m0/s1. The first kappa shape index (κ1) is 28.5. The highest BCUT2D eigenvalue weighted by Gasteiger charge is 2.55. The molecule has 212 valence electrons. The van der Waals surface area contributed by atoms with Crippen LogP contribution < -0.4 is 4.74 Å². The first-order valence-corrected chi connectivity index (χ1v) is 12.0. The Bertz CT molecular complexity index is 1140. The van der Waals surface area contributed by atoms with E-state index in [4.69, 9.17) is 28.4 Å². The van der Waals surface area contributed by atoms with Crippen molar-refractivity contribution in [2.45, 2.75) is 49.0 Å². The Morgan fingerprint density at radius 2 is 2.03 bits per heavy atom. The maximum Gasteiger partial charge on any atom is 0.340 e. The molecular formula is C26H30O13. The summed E-state index contributed by atoms with van der Waals surface area (Å²) in [5, 5.41) is 52.1. The maximum atomic E-state index is 12.4. The van der Waals surface area contributed by atoms with E-state index in [0.717, 1.165) is 12.3 Å². The van der Waals surface area contributed by atoms with Gasteiger partial charge >= 0.3 is 11.9 Å². The zero-order chi connectivity index (χ0) is 28.3. The van der Waals surface area contributed by atoms with Crippen molar-refractivity contribution in [3.05, 3.63) is 54.3 Å². The first-order valence-electron chi connectivity index (χ1n) is 12.0. The number of methoxy groups -OCH3 is 1. The van der Waals surface area contributed by atoms with Crippen LogP contribution in [0, 0.1) is 5.92 Å². The van der Waals surface area contributed by atoms with Crippen LogP contribution in [0.2, 0.25) is 0 Å². The number of carbonyl (C=O) groups excluding carboxylic acids is 2. The van der Waals surface area contributed by atoms with E-state index in [1.54, 1.807) is 0 Å². The quantitative estimate of drug-likeness (QED) is 0.158. The molecule has 0 saturated carbocycles. The van der Waals surface area contributed by atoms with E-state index >= 15 is 0 Å². The van der Waals surface area contributed by atoms with Crippen LogP contribution in [0.15, 0.2) is 48.8 Å². The molecule has 0 bridgehead atoms. The summed E-state index contributed by atoms with van der Waals surface area (Å²) in [5.74, 6) is -2.53. The Balaban J connectivity index is 1.43. The van der Waals surface area contributed by atoms with Crippen molar-refractivity contribution in [2.75, 3.05) is 20.3 Å². The Labute approximate surface area is 223 Å². The molecular weight excluding hydrogens is 520 g/mol. The fourth-order valence-electron chi connectivity index (χ4n) is 4.63. The number of phenolic OH excluding ortho intramolecular Hbond substituents is 1. The van der Waals surface area contributed by atoms with Gasteiger partial charge in [-0.2, -0.15) is 0 Å². The van der Waals surface area contributed by atoms with Crippen LogP contribution in [0.4, 0.5) is 0 Å². The summed E-state index contributed by atoms with van der Waals surface area (Å²) in [6, 6.07) is 4.38. The van der Waals surface area contributed by atoms with Crippen LogP contribution >= 0.6 is 0 Å². The Morgan fingerprint density at radius 1 is 1.26 bits per heavy atom. The minimum atomic E-state index is -1.76. The normalized spacial score (nSPS) is 34.3. The highest BCUT2D eigenvalue weighted by atomic mass is 16.8. The fourth-order valence-corrected chi connectivity index (χ4v) is 4.63. The third kappa shape index (κ3) is 5.64. The Kier molecular flexibility index (Phi) is 8.59. The number of benzene rings is 1. The molecule has 13 heteroatoms. The molecule has 3 aliphatic rings. The van der Waals surface area contributed by atoms with Crippen molar-refractivity contribution >= 4 is 18.0 Å². The van der Waals surface area contributed by atoms with Crippen LogP contribution in [0.1, 0.15) is 12.0 Å². The van der Waals surface area contributed by atoms with Gasteiger partial charge in [0.25, 0.3) is 0 Å². The van der Waals surface area contributed by atoms with Gasteiger partial charge in [0.15, 0.2) is 23.9 Å². The van der Waals surface area contributed by atoms with Crippen LogP contribution in [-0.2, 0) is 33.3 Å². The van der Waals surface area contributed by atoms with Gasteiger partial charge in [-0.1, -0.05) is 12.1 Å². The molecule has 0 amide bonds. The van der Waals surface area contributed by atoms with E-state index in [9.17, 15) is 35.1 Å². The largest absolute Gasteiger partial charge is 0.504 e. The average Bonchev–Trinajstić information content (AvgIpc) is 2.92. The molecule has 1 aromatic carbocycles. The van der Waals surface area contributed by atoms with E-state index in [2.05, 4.69) is 6.58 Å². The third-order valence-electron chi connectivity index (χ3n) is 6.78. The van der Waals surface area contributed by atoms with Crippen molar-refractivity contribution in [2.24, 2.45) is 5.92 Å². The number of esters is 2. The molecule has 2 fully saturated rings. The minimum absolute atomic E-state index is 0.0423. The number of fused-ring (bicyclic) bond motifs is 1. The number of hydrogen-bond donors (Lipinski definition) is 5. The Morgan fingerprint density at radius 3 is 2.72 bits per heavy atom. The van der Waals surface area contributed by atoms with Crippen molar-refractivity contribution in [1.82, 2.24) is 0 Å². The smallest absolute Gasteiger partial charge is 0.340 e. The molecule has 3 heterocycles. The van der Waals surface area contributed by atoms with Gasteiger partial charge in [-0.25, -0.2) is 9.59 Å². The highest BCUT2D eigenvalue weighted by molar-refractivity contribution is 5.91. The summed E-state index contributed by atoms with van der Waals surface area (Å²) in [6.07, 6.45) is -4.35. The lowest BCUT2D eigenvalue weighted by Gasteiger charge is -2.46. The summed E-state index contributed by atoms with van der Waals surface area (Å²) in [7, 11) is 1.37. The number of aliphatic hydroxyl groups excluding tert-OH is 3. The lowest BCUT2D eigenvalue weighted by molar-refractivity contribution is -0.344. The van der Waals surface area contributed by atoms with E-state index in [1.165, 1.54) is 37.5 Å². The molecule has 1 aromatic rings. The Hall–Kier alpha value is -3.46. The van der Waals surface area contributed by atoms with Gasteiger partial charge in [-0.3, -0.25) is 0 Å². The number of aliphatic hydroxyl groups is 4. The predicted molar refractivity (Wildman–Crippen MR) is 130 cm³/mol. The van der Waals surface area contributed by atoms with Gasteiger partial charge < -0.3 is 54.0 Å². The zero-order valence-corrected chi connectivity index (χ0v) is 20.9. The average molecular weight is 551 g/mol. The minimum Gasteiger partial charge on any atom is -0.504 e. The molecule has 0 radical (unpaired) electrons. The van der Waals surface area contributed by atoms with Crippen LogP contribution in [0.25, 0.3) is 6.08 Å². The second-order valence-electron chi connectivity index (χ2n) is 9.12. The molecule has 0 aliphatic carbocycles. The van der Waals surface area contributed by atoms with Gasteiger partial charge in [0.2, 0.25) is 6.29 Å². The van der Waals surface area contributed by atoms with Crippen molar-refractivity contribution in [3.63, 3.8) is 0 Å². The van der Waals surface area contributed by atoms with Crippen LogP contribution in [-0.4, -0.2) is 100 Å². The summed E-state index contributed by atoms with van der Waals surface area (Å²) in [4.78, 5) is 24.5. The second-order valence-corrected chi connectivity index (χ2v) is 9.12. The van der Waals surface area contributed by atoms with E-state index in [-0.39, 0.29) is 30.1 Å². The number of ether oxygens (including phenoxy) is 6. The molecule has 0 spiro atoms.